The third kappa shape index (κ3) is 7.39. The molecule has 1 aliphatic carbocycles. The van der Waals surface area contributed by atoms with Crippen molar-refractivity contribution >= 4 is 62.0 Å². The predicted molar refractivity (Wildman–Crippen MR) is 213 cm³/mol. The number of carbonyl (C=O) groups is 1. The monoisotopic (exact) mass is 754 g/mol. The van der Waals surface area contributed by atoms with E-state index in [0.29, 0.717) is 40.9 Å². The van der Waals surface area contributed by atoms with Gasteiger partial charge in [-0.3, -0.25) is 4.79 Å². The van der Waals surface area contributed by atoms with Crippen LogP contribution in [-0.2, 0) is 17.8 Å². The Labute approximate surface area is 319 Å². The number of methoxy groups -OCH3 is 1. The maximum absolute atomic E-state index is 11.9. The molecule has 2 saturated heterocycles. The molecular weight excluding hydrogens is 711 g/mol. The van der Waals surface area contributed by atoms with Gasteiger partial charge in [0.25, 0.3) is 0 Å². The van der Waals surface area contributed by atoms with Crippen LogP contribution in [0.2, 0.25) is 10.0 Å². The van der Waals surface area contributed by atoms with E-state index in [1.807, 2.05) is 60.0 Å². The number of hydrogen-bond donors (Lipinski definition) is 4. The van der Waals surface area contributed by atoms with Crippen molar-refractivity contribution in [2.75, 3.05) is 25.5 Å². The summed E-state index contributed by atoms with van der Waals surface area (Å²) in [5.74, 6) is 2.22. The van der Waals surface area contributed by atoms with Gasteiger partial charge in [0.15, 0.2) is 0 Å². The van der Waals surface area contributed by atoms with Gasteiger partial charge in [0.2, 0.25) is 11.8 Å². The van der Waals surface area contributed by atoms with Crippen LogP contribution >= 0.6 is 34.5 Å². The Kier molecular flexibility index (Phi) is 10.4. The fourth-order valence-electron chi connectivity index (χ4n) is 8.33. The van der Waals surface area contributed by atoms with E-state index in [-0.39, 0.29) is 11.4 Å². The maximum atomic E-state index is 11.9. The van der Waals surface area contributed by atoms with E-state index < -0.39 is 0 Å². The van der Waals surface area contributed by atoms with Gasteiger partial charge in [0, 0.05) is 74.5 Å². The third-order valence-corrected chi connectivity index (χ3v) is 13.0. The lowest BCUT2D eigenvalue weighted by atomic mass is 9.92. The minimum atomic E-state index is 0.0577. The van der Waals surface area contributed by atoms with Gasteiger partial charge in [-0.15, -0.1) is 11.3 Å². The molecule has 4 N–H and O–H groups in total. The number of nitrogens with zero attached hydrogens (tertiary/aromatic N) is 2. The van der Waals surface area contributed by atoms with Gasteiger partial charge in [-0.05, 0) is 88.1 Å². The summed E-state index contributed by atoms with van der Waals surface area (Å²) >= 11 is 16.1. The van der Waals surface area contributed by atoms with Crippen LogP contribution in [0.1, 0.15) is 61.8 Å². The van der Waals surface area contributed by atoms with Crippen molar-refractivity contribution in [3.05, 3.63) is 87.3 Å². The zero-order valence-electron chi connectivity index (χ0n) is 29.4. The molecule has 270 valence electrons. The van der Waals surface area contributed by atoms with Crippen molar-refractivity contribution in [3.63, 3.8) is 0 Å². The Morgan fingerprint density at radius 2 is 1.87 bits per heavy atom. The lowest BCUT2D eigenvalue weighted by Gasteiger charge is -2.23. The van der Waals surface area contributed by atoms with Gasteiger partial charge in [-0.1, -0.05) is 59.6 Å². The Morgan fingerprint density at radius 1 is 1.02 bits per heavy atom. The number of anilines is 2. The number of ether oxygens (including phenoxy) is 1. The van der Waals surface area contributed by atoms with E-state index in [9.17, 15) is 4.79 Å². The molecule has 3 aromatic heterocycles. The first-order chi connectivity index (χ1) is 25.4. The van der Waals surface area contributed by atoms with Crippen molar-refractivity contribution < 1.29 is 9.53 Å². The fourth-order valence-corrected chi connectivity index (χ4v) is 10.0. The standard InChI is InChI=1S/C41H44Cl2N6O2S/c1-51-40-26(23-44-24-27-5-4-19-45-27)11-13-33(48-40)31-8-2-6-29(37(31)42)30-7-3-9-34(38(30)43)47-39-32-21-28(52-35(32)16-20-46-39)12-10-25-14-17-41(22-25)18-15-36(50)49-41/h2-3,6-9,11,13,16,20-21,25,27,44-45H,4-5,10,12,14-15,17-19,22-24H2,1H3,(H,46,47)(H,49,50). The number of pyridine rings is 2. The highest BCUT2D eigenvalue weighted by Gasteiger charge is 2.43. The number of hydrogen-bond acceptors (Lipinski definition) is 8. The minimum Gasteiger partial charge on any atom is -0.481 e. The van der Waals surface area contributed by atoms with Gasteiger partial charge >= 0.3 is 0 Å². The molecule has 3 unspecified atom stereocenters. The number of halogens is 2. The largest absolute Gasteiger partial charge is 0.481 e. The molecule has 0 bridgehead atoms. The lowest BCUT2D eigenvalue weighted by molar-refractivity contribution is -0.119. The smallest absolute Gasteiger partial charge is 0.220 e. The summed E-state index contributed by atoms with van der Waals surface area (Å²) in [5, 5.41) is 16.1. The molecule has 1 saturated carbocycles. The molecule has 2 aliphatic heterocycles. The summed E-state index contributed by atoms with van der Waals surface area (Å²) < 4.78 is 6.90. The van der Waals surface area contributed by atoms with Gasteiger partial charge < -0.3 is 26.0 Å². The first-order valence-corrected chi connectivity index (χ1v) is 20.0. The van der Waals surface area contributed by atoms with E-state index in [2.05, 4.69) is 39.5 Å². The molecule has 0 radical (unpaired) electrons. The van der Waals surface area contributed by atoms with Gasteiger partial charge in [-0.2, -0.15) is 0 Å². The number of amides is 1. The number of rotatable bonds is 12. The van der Waals surface area contributed by atoms with Crippen molar-refractivity contribution in [2.24, 2.45) is 5.92 Å². The number of aryl methyl sites for hydroxylation is 1. The van der Waals surface area contributed by atoms with Crippen LogP contribution in [0.15, 0.2) is 66.9 Å². The molecule has 2 aromatic carbocycles. The van der Waals surface area contributed by atoms with Gasteiger partial charge in [0.05, 0.1) is 28.5 Å². The summed E-state index contributed by atoms with van der Waals surface area (Å²) in [6.45, 7) is 2.68. The second-order valence-corrected chi connectivity index (χ2v) is 16.4. The van der Waals surface area contributed by atoms with E-state index in [4.69, 9.17) is 37.9 Å². The summed E-state index contributed by atoms with van der Waals surface area (Å²) in [6, 6.07) is 20.8. The van der Waals surface area contributed by atoms with Gasteiger partial charge in [0.1, 0.15) is 5.82 Å². The van der Waals surface area contributed by atoms with E-state index in [1.165, 1.54) is 28.8 Å². The molecule has 8 rings (SSSR count). The number of aromatic nitrogens is 2. The maximum Gasteiger partial charge on any atom is 0.220 e. The third-order valence-electron chi connectivity index (χ3n) is 11.1. The number of fused-ring (bicyclic) bond motifs is 1. The number of thiophene rings is 1. The highest BCUT2D eigenvalue weighted by Crippen LogP contribution is 2.44. The number of benzene rings is 2. The van der Waals surface area contributed by atoms with Crippen molar-refractivity contribution in [1.82, 2.24) is 25.9 Å². The second-order valence-electron chi connectivity index (χ2n) is 14.5. The highest BCUT2D eigenvalue weighted by molar-refractivity contribution is 7.19. The quantitative estimate of drug-likeness (QED) is 0.101. The van der Waals surface area contributed by atoms with Gasteiger partial charge in [-0.25, -0.2) is 9.97 Å². The average Bonchev–Trinajstić information content (AvgIpc) is 3.97. The Morgan fingerprint density at radius 3 is 2.67 bits per heavy atom. The minimum absolute atomic E-state index is 0.0577. The normalized spacial score (nSPS) is 21.3. The van der Waals surface area contributed by atoms with E-state index in [0.717, 1.165) is 90.0 Å². The van der Waals surface area contributed by atoms with Crippen LogP contribution < -0.4 is 26.0 Å². The van der Waals surface area contributed by atoms with Crippen LogP contribution in [0.5, 0.6) is 5.88 Å². The van der Waals surface area contributed by atoms with E-state index in [1.54, 1.807) is 7.11 Å². The number of carbonyl (C=O) groups excluding carboxylic acids is 1. The average molecular weight is 756 g/mol. The molecule has 1 amide bonds. The molecular formula is C41H44Cl2N6O2S. The fraction of sp³-hybridized carbons (Fsp3) is 0.390. The lowest BCUT2D eigenvalue weighted by Crippen LogP contribution is -2.38. The Hall–Kier alpha value is -3.73. The molecule has 3 aliphatic rings. The topological polar surface area (TPSA) is 100 Å². The molecule has 11 heteroatoms. The SMILES string of the molecule is COc1nc(-c2cccc(-c3cccc(Nc4nccc5sc(CCC6CCC7(CCC(=O)N7)C6)cc45)c3Cl)c2Cl)ccc1CNCC1CCCN1. The molecule has 1 spiro atoms. The summed E-state index contributed by atoms with van der Waals surface area (Å²) in [7, 11) is 1.65. The van der Waals surface area contributed by atoms with Crippen LogP contribution in [0.3, 0.4) is 0 Å². The van der Waals surface area contributed by atoms with Crippen LogP contribution in [0.25, 0.3) is 32.5 Å². The second kappa shape index (κ2) is 15.3. The number of nitrogens with one attached hydrogen (secondary N) is 4. The summed E-state index contributed by atoms with van der Waals surface area (Å²) in [5.41, 5.74) is 4.99. The molecule has 52 heavy (non-hydrogen) atoms. The molecule has 5 heterocycles. The molecule has 3 fully saturated rings. The zero-order chi connectivity index (χ0) is 35.7. The highest BCUT2D eigenvalue weighted by atomic mass is 35.5. The summed E-state index contributed by atoms with van der Waals surface area (Å²) in [4.78, 5) is 22.8. The summed E-state index contributed by atoms with van der Waals surface area (Å²) in [6.07, 6.45) is 11.5. The van der Waals surface area contributed by atoms with Crippen molar-refractivity contribution in [1.29, 1.82) is 0 Å². The van der Waals surface area contributed by atoms with Crippen molar-refractivity contribution in [2.45, 2.75) is 75.9 Å². The molecule has 3 atom stereocenters. The van der Waals surface area contributed by atoms with Crippen molar-refractivity contribution in [3.8, 4) is 28.3 Å². The first kappa shape index (κ1) is 35.3. The zero-order valence-corrected chi connectivity index (χ0v) is 31.7. The Bertz CT molecular complexity index is 2100. The predicted octanol–water partition coefficient (Wildman–Crippen LogP) is 9.31. The van der Waals surface area contributed by atoms with Crippen LogP contribution in [0, 0.1) is 5.92 Å². The van der Waals surface area contributed by atoms with Crippen LogP contribution in [0.4, 0.5) is 11.5 Å². The first-order valence-electron chi connectivity index (χ1n) is 18.4. The molecule has 5 aromatic rings. The molecule has 8 nitrogen and oxygen atoms in total. The van der Waals surface area contributed by atoms with E-state index >= 15 is 0 Å². The Balaban J connectivity index is 0.983. The van der Waals surface area contributed by atoms with Crippen LogP contribution in [-0.4, -0.2) is 47.7 Å².